The number of amides is 1. The van der Waals surface area contributed by atoms with Crippen molar-refractivity contribution in [2.45, 2.75) is 12.8 Å². The number of nitrogens with zero attached hydrogens (tertiary/aromatic N) is 2. The SMILES string of the molecule is N#CC1CCN(C(=O)c2cc(Br)c(Br)s2)CC1. The quantitative estimate of drug-likeness (QED) is 0.749. The van der Waals surface area contributed by atoms with E-state index in [9.17, 15) is 4.79 Å². The van der Waals surface area contributed by atoms with E-state index in [1.807, 2.05) is 11.0 Å². The summed E-state index contributed by atoms with van der Waals surface area (Å²) in [6.45, 7) is 1.37. The van der Waals surface area contributed by atoms with Gasteiger partial charge in [-0.25, -0.2) is 0 Å². The summed E-state index contributed by atoms with van der Waals surface area (Å²) in [6.07, 6.45) is 1.58. The van der Waals surface area contributed by atoms with Crippen molar-refractivity contribution in [3.05, 3.63) is 19.2 Å². The summed E-state index contributed by atoms with van der Waals surface area (Å²) in [6, 6.07) is 4.11. The Labute approximate surface area is 121 Å². The van der Waals surface area contributed by atoms with Gasteiger partial charge in [0.05, 0.1) is 14.7 Å². The Morgan fingerprint density at radius 3 is 2.59 bits per heavy atom. The molecule has 0 aromatic carbocycles. The average Bonchev–Trinajstić information content (AvgIpc) is 2.69. The Morgan fingerprint density at radius 1 is 1.47 bits per heavy atom. The molecule has 0 aliphatic carbocycles. The number of rotatable bonds is 1. The molecule has 1 aromatic heterocycles. The molecule has 90 valence electrons. The van der Waals surface area contributed by atoms with E-state index in [1.165, 1.54) is 11.3 Å². The normalized spacial score (nSPS) is 16.9. The van der Waals surface area contributed by atoms with E-state index in [-0.39, 0.29) is 11.8 Å². The van der Waals surface area contributed by atoms with Crippen molar-refractivity contribution in [3.63, 3.8) is 0 Å². The standard InChI is InChI=1S/C11H10Br2N2OS/c12-8-5-9(17-10(8)13)11(16)15-3-1-7(6-14)2-4-15/h5,7H,1-4H2. The van der Waals surface area contributed by atoms with E-state index in [1.54, 1.807) is 0 Å². The van der Waals surface area contributed by atoms with E-state index in [4.69, 9.17) is 5.26 Å². The molecular formula is C11H10Br2N2OS. The predicted octanol–water partition coefficient (Wildman–Crippen LogP) is 3.65. The summed E-state index contributed by atoms with van der Waals surface area (Å²) in [7, 11) is 0. The molecule has 1 aliphatic heterocycles. The molecule has 0 unspecified atom stereocenters. The number of piperidine rings is 1. The van der Waals surface area contributed by atoms with Crippen LogP contribution in [0.15, 0.2) is 14.3 Å². The van der Waals surface area contributed by atoms with Crippen molar-refractivity contribution in [1.82, 2.24) is 4.90 Å². The number of carbonyl (C=O) groups excluding carboxylic acids is 1. The molecule has 1 aliphatic rings. The number of halogens is 2. The molecule has 0 spiro atoms. The van der Waals surface area contributed by atoms with Crippen LogP contribution >= 0.6 is 43.2 Å². The second-order valence-electron chi connectivity index (χ2n) is 3.93. The van der Waals surface area contributed by atoms with Gasteiger partial charge in [-0.2, -0.15) is 5.26 Å². The monoisotopic (exact) mass is 376 g/mol. The van der Waals surface area contributed by atoms with Gasteiger partial charge in [-0.15, -0.1) is 11.3 Å². The predicted molar refractivity (Wildman–Crippen MR) is 74.0 cm³/mol. The smallest absolute Gasteiger partial charge is 0.264 e. The molecule has 0 radical (unpaired) electrons. The lowest BCUT2D eigenvalue weighted by atomic mass is 9.98. The minimum Gasteiger partial charge on any atom is -0.338 e. The van der Waals surface area contributed by atoms with Crippen molar-refractivity contribution in [2.24, 2.45) is 5.92 Å². The first-order chi connectivity index (χ1) is 8.11. The maximum Gasteiger partial charge on any atom is 0.264 e. The first kappa shape index (κ1) is 13.1. The van der Waals surface area contributed by atoms with E-state index in [0.29, 0.717) is 13.1 Å². The minimum absolute atomic E-state index is 0.0674. The number of nitriles is 1. The van der Waals surface area contributed by atoms with Gasteiger partial charge in [-0.05, 0) is 50.8 Å². The molecule has 1 fully saturated rings. The summed E-state index contributed by atoms with van der Waals surface area (Å²) in [5.74, 6) is 0.179. The lowest BCUT2D eigenvalue weighted by Gasteiger charge is -2.28. The lowest BCUT2D eigenvalue weighted by Crippen LogP contribution is -2.37. The van der Waals surface area contributed by atoms with Crippen LogP contribution in [-0.2, 0) is 0 Å². The minimum atomic E-state index is 0.0674. The first-order valence-electron chi connectivity index (χ1n) is 5.25. The van der Waals surface area contributed by atoms with E-state index in [2.05, 4.69) is 37.9 Å². The van der Waals surface area contributed by atoms with E-state index < -0.39 is 0 Å². The third kappa shape index (κ3) is 2.90. The Kier molecular flexibility index (Phi) is 4.23. The molecule has 0 saturated carbocycles. The van der Waals surface area contributed by atoms with E-state index in [0.717, 1.165) is 26.0 Å². The van der Waals surface area contributed by atoms with Crippen LogP contribution < -0.4 is 0 Å². The Bertz CT molecular complexity index is 453. The van der Waals surface area contributed by atoms with Crippen LogP contribution in [0.5, 0.6) is 0 Å². The average molecular weight is 378 g/mol. The molecule has 1 amide bonds. The van der Waals surface area contributed by atoms with Gasteiger partial charge in [0.2, 0.25) is 0 Å². The lowest BCUT2D eigenvalue weighted by molar-refractivity contribution is 0.0712. The van der Waals surface area contributed by atoms with Gasteiger partial charge < -0.3 is 4.90 Å². The molecule has 2 rings (SSSR count). The highest BCUT2D eigenvalue weighted by Gasteiger charge is 2.24. The van der Waals surface area contributed by atoms with Gasteiger partial charge in [0.1, 0.15) is 0 Å². The van der Waals surface area contributed by atoms with Gasteiger partial charge in [0.15, 0.2) is 0 Å². The van der Waals surface area contributed by atoms with Crippen LogP contribution in [0, 0.1) is 17.2 Å². The van der Waals surface area contributed by atoms with Crippen LogP contribution in [0.25, 0.3) is 0 Å². The highest BCUT2D eigenvalue weighted by molar-refractivity contribution is 9.13. The van der Waals surface area contributed by atoms with Crippen molar-refractivity contribution in [3.8, 4) is 6.07 Å². The summed E-state index contributed by atoms with van der Waals surface area (Å²) in [5.41, 5.74) is 0. The summed E-state index contributed by atoms with van der Waals surface area (Å²) >= 11 is 8.20. The molecule has 0 N–H and O–H groups in total. The maximum absolute atomic E-state index is 12.2. The molecule has 3 nitrogen and oxygen atoms in total. The number of hydrogen-bond donors (Lipinski definition) is 0. The largest absolute Gasteiger partial charge is 0.338 e. The molecule has 1 saturated heterocycles. The van der Waals surface area contributed by atoms with Gasteiger partial charge in [0.25, 0.3) is 5.91 Å². The zero-order valence-electron chi connectivity index (χ0n) is 8.95. The Morgan fingerprint density at radius 2 is 2.12 bits per heavy atom. The second-order valence-corrected chi connectivity index (χ2v) is 7.15. The molecule has 0 atom stereocenters. The molecule has 1 aromatic rings. The van der Waals surface area contributed by atoms with Gasteiger partial charge in [-0.1, -0.05) is 0 Å². The Hall–Kier alpha value is -0.380. The fourth-order valence-corrected chi connectivity index (χ4v) is 3.82. The summed E-state index contributed by atoms with van der Waals surface area (Å²) < 4.78 is 1.85. The van der Waals surface area contributed by atoms with Gasteiger partial charge in [0, 0.05) is 23.5 Å². The molecule has 17 heavy (non-hydrogen) atoms. The number of carbonyl (C=O) groups is 1. The van der Waals surface area contributed by atoms with Crippen molar-refractivity contribution in [2.75, 3.05) is 13.1 Å². The maximum atomic E-state index is 12.2. The van der Waals surface area contributed by atoms with Crippen LogP contribution in [0.1, 0.15) is 22.5 Å². The van der Waals surface area contributed by atoms with Crippen LogP contribution in [0.2, 0.25) is 0 Å². The van der Waals surface area contributed by atoms with Gasteiger partial charge in [-0.3, -0.25) is 4.79 Å². The van der Waals surface area contributed by atoms with Crippen LogP contribution in [0.3, 0.4) is 0 Å². The molecule has 0 bridgehead atoms. The van der Waals surface area contributed by atoms with Crippen molar-refractivity contribution in [1.29, 1.82) is 5.26 Å². The zero-order chi connectivity index (χ0) is 12.4. The van der Waals surface area contributed by atoms with Crippen LogP contribution in [0.4, 0.5) is 0 Å². The van der Waals surface area contributed by atoms with Crippen molar-refractivity contribution >= 4 is 49.1 Å². The number of hydrogen-bond acceptors (Lipinski definition) is 3. The Balaban J connectivity index is 2.04. The molecule has 2 heterocycles. The van der Waals surface area contributed by atoms with Gasteiger partial charge >= 0.3 is 0 Å². The van der Waals surface area contributed by atoms with Crippen molar-refractivity contribution < 1.29 is 4.79 Å². The first-order valence-corrected chi connectivity index (χ1v) is 7.66. The van der Waals surface area contributed by atoms with Crippen LogP contribution in [-0.4, -0.2) is 23.9 Å². The molecule has 6 heteroatoms. The van der Waals surface area contributed by atoms with E-state index >= 15 is 0 Å². The number of thiophene rings is 1. The fourth-order valence-electron chi connectivity index (χ4n) is 1.82. The third-order valence-electron chi connectivity index (χ3n) is 2.82. The zero-order valence-corrected chi connectivity index (χ0v) is 12.9. The molecular weight excluding hydrogens is 368 g/mol. The summed E-state index contributed by atoms with van der Waals surface area (Å²) in [4.78, 5) is 14.7. The topological polar surface area (TPSA) is 44.1 Å². The second kappa shape index (κ2) is 5.51. The summed E-state index contributed by atoms with van der Waals surface area (Å²) in [5, 5.41) is 8.81. The third-order valence-corrected chi connectivity index (χ3v) is 6.06. The highest BCUT2D eigenvalue weighted by atomic mass is 79.9. The number of likely N-dealkylation sites (tertiary alicyclic amines) is 1. The fraction of sp³-hybridized carbons (Fsp3) is 0.455. The highest BCUT2D eigenvalue weighted by Crippen LogP contribution is 2.33.